The summed E-state index contributed by atoms with van der Waals surface area (Å²) in [7, 11) is 0. The van der Waals surface area contributed by atoms with Crippen molar-refractivity contribution in [2.45, 2.75) is 39.0 Å². The second kappa shape index (κ2) is 9.01. The van der Waals surface area contributed by atoms with E-state index in [1.807, 2.05) is 30.3 Å². The molecule has 0 aromatic heterocycles. The highest BCUT2D eigenvalue weighted by Crippen LogP contribution is 2.22. The zero-order valence-corrected chi connectivity index (χ0v) is 16.6. The molecule has 27 heavy (non-hydrogen) atoms. The fourth-order valence-electron chi connectivity index (χ4n) is 2.09. The SMILES string of the molecule is CC(=N[S+]([O-])C(C)(C)C)c1cccc(NC(=O)OCc2ccccc2)c1F. The van der Waals surface area contributed by atoms with Crippen LogP contribution in [0.5, 0.6) is 0 Å². The number of rotatable bonds is 5. The lowest BCUT2D eigenvalue weighted by atomic mass is 10.1. The maximum atomic E-state index is 14.7. The third-order valence-electron chi connectivity index (χ3n) is 3.58. The Morgan fingerprint density at radius 2 is 1.85 bits per heavy atom. The summed E-state index contributed by atoms with van der Waals surface area (Å²) in [5.74, 6) is -0.652. The van der Waals surface area contributed by atoms with Crippen molar-refractivity contribution in [1.29, 1.82) is 0 Å². The third-order valence-corrected chi connectivity index (χ3v) is 5.07. The summed E-state index contributed by atoms with van der Waals surface area (Å²) < 4.78 is 35.5. The molecule has 7 heteroatoms. The second-order valence-corrected chi connectivity index (χ2v) is 8.80. The number of hydrogen-bond acceptors (Lipinski definition) is 4. The molecule has 1 N–H and O–H groups in total. The number of benzene rings is 2. The molecule has 144 valence electrons. The van der Waals surface area contributed by atoms with Gasteiger partial charge in [-0.25, -0.2) is 9.18 Å². The van der Waals surface area contributed by atoms with Crippen LogP contribution in [0.2, 0.25) is 0 Å². The van der Waals surface area contributed by atoms with Gasteiger partial charge in [-0.2, -0.15) is 0 Å². The predicted molar refractivity (Wildman–Crippen MR) is 107 cm³/mol. The molecule has 1 unspecified atom stereocenters. The Kier molecular flexibility index (Phi) is 6.98. The standard InChI is InChI=1S/C20H23FN2O3S/c1-14(23-27(25)20(2,3)4)16-11-8-12-17(18(16)21)22-19(24)26-13-15-9-6-5-7-10-15/h5-12H,13H2,1-4H3,(H,22,24). The van der Waals surface area contributed by atoms with E-state index in [0.29, 0.717) is 5.71 Å². The molecule has 0 aliphatic rings. The number of amides is 1. The number of carbonyl (C=O) groups is 1. The first-order valence-corrected chi connectivity index (χ1v) is 9.53. The van der Waals surface area contributed by atoms with Gasteiger partial charge in [-0.1, -0.05) is 40.8 Å². The van der Waals surface area contributed by atoms with Gasteiger partial charge in [-0.05, 0) is 45.4 Å². The molecule has 0 heterocycles. The molecule has 0 saturated heterocycles. The molecule has 0 aliphatic carbocycles. The lowest BCUT2D eigenvalue weighted by Crippen LogP contribution is -2.27. The maximum Gasteiger partial charge on any atom is 0.412 e. The lowest BCUT2D eigenvalue weighted by Gasteiger charge is -2.19. The molecule has 0 aliphatic heterocycles. The highest BCUT2D eigenvalue weighted by atomic mass is 32.2. The van der Waals surface area contributed by atoms with Gasteiger partial charge in [0.1, 0.15) is 22.7 Å². The van der Waals surface area contributed by atoms with Crippen molar-refractivity contribution in [2.24, 2.45) is 4.40 Å². The van der Waals surface area contributed by atoms with Crippen molar-refractivity contribution in [3.63, 3.8) is 0 Å². The van der Waals surface area contributed by atoms with Crippen LogP contribution in [0.3, 0.4) is 0 Å². The predicted octanol–water partition coefficient (Wildman–Crippen LogP) is 4.85. The summed E-state index contributed by atoms with van der Waals surface area (Å²) in [5.41, 5.74) is 1.27. The van der Waals surface area contributed by atoms with E-state index >= 15 is 0 Å². The van der Waals surface area contributed by atoms with Crippen LogP contribution in [-0.4, -0.2) is 21.1 Å². The number of nitrogens with zero attached hydrogens (tertiary/aromatic N) is 1. The number of ether oxygens (including phenoxy) is 1. The Balaban J connectivity index is 2.09. The van der Waals surface area contributed by atoms with Crippen molar-refractivity contribution in [1.82, 2.24) is 0 Å². The van der Waals surface area contributed by atoms with Gasteiger partial charge in [0.15, 0.2) is 5.82 Å². The summed E-state index contributed by atoms with van der Waals surface area (Å²) >= 11 is -1.51. The minimum atomic E-state index is -1.51. The van der Waals surface area contributed by atoms with Gasteiger partial charge in [0.25, 0.3) is 0 Å². The van der Waals surface area contributed by atoms with Crippen molar-refractivity contribution in [2.75, 3.05) is 5.32 Å². The van der Waals surface area contributed by atoms with E-state index in [0.717, 1.165) is 5.56 Å². The fraction of sp³-hybridized carbons (Fsp3) is 0.300. The van der Waals surface area contributed by atoms with Crippen LogP contribution >= 0.6 is 0 Å². The first-order chi connectivity index (χ1) is 12.7. The zero-order chi connectivity index (χ0) is 20.0. The van der Waals surface area contributed by atoms with E-state index in [-0.39, 0.29) is 17.9 Å². The first-order valence-electron chi connectivity index (χ1n) is 8.42. The highest BCUT2D eigenvalue weighted by molar-refractivity contribution is 7.91. The Labute approximate surface area is 162 Å². The van der Waals surface area contributed by atoms with Gasteiger partial charge < -0.3 is 9.29 Å². The van der Waals surface area contributed by atoms with Crippen LogP contribution in [0.15, 0.2) is 52.9 Å². The van der Waals surface area contributed by atoms with Crippen molar-refractivity contribution in [3.8, 4) is 0 Å². The number of halogens is 1. The van der Waals surface area contributed by atoms with Crippen molar-refractivity contribution >= 4 is 28.9 Å². The van der Waals surface area contributed by atoms with E-state index in [2.05, 4.69) is 9.71 Å². The monoisotopic (exact) mass is 390 g/mol. The average molecular weight is 390 g/mol. The molecular weight excluding hydrogens is 367 g/mol. The quantitative estimate of drug-likeness (QED) is 0.586. The summed E-state index contributed by atoms with van der Waals surface area (Å²) in [4.78, 5) is 11.9. The van der Waals surface area contributed by atoms with Crippen LogP contribution in [0, 0.1) is 5.82 Å². The zero-order valence-electron chi connectivity index (χ0n) is 15.8. The van der Waals surface area contributed by atoms with Crippen LogP contribution < -0.4 is 5.32 Å². The molecule has 0 bridgehead atoms. The largest absolute Gasteiger partial charge is 0.591 e. The minimum absolute atomic E-state index is 0.0262. The van der Waals surface area contributed by atoms with Gasteiger partial charge in [0.2, 0.25) is 0 Å². The molecule has 0 spiro atoms. The molecule has 5 nitrogen and oxygen atoms in total. The van der Waals surface area contributed by atoms with Gasteiger partial charge in [-0.15, -0.1) is 0 Å². The minimum Gasteiger partial charge on any atom is -0.591 e. The van der Waals surface area contributed by atoms with E-state index in [9.17, 15) is 13.7 Å². The molecule has 1 atom stereocenters. The van der Waals surface area contributed by atoms with E-state index in [4.69, 9.17) is 4.74 Å². The number of anilines is 1. The molecule has 0 radical (unpaired) electrons. The fourth-order valence-corrected chi connectivity index (χ4v) is 2.71. The van der Waals surface area contributed by atoms with Crippen LogP contribution in [0.25, 0.3) is 0 Å². The summed E-state index contributed by atoms with van der Waals surface area (Å²) in [6, 6.07) is 13.7. The van der Waals surface area contributed by atoms with Crippen molar-refractivity contribution < 1.29 is 18.5 Å². The molecule has 0 saturated carbocycles. The Bertz CT molecular complexity index is 820. The van der Waals surface area contributed by atoms with E-state index < -0.39 is 28.0 Å². The van der Waals surface area contributed by atoms with Gasteiger partial charge in [0.05, 0.1) is 11.4 Å². The normalized spacial score (nSPS) is 13.2. The number of nitrogens with one attached hydrogen (secondary N) is 1. The average Bonchev–Trinajstić information content (AvgIpc) is 2.61. The Hall–Kier alpha value is -2.38. The topological polar surface area (TPSA) is 73.8 Å². The maximum absolute atomic E-state index is 14.7. The molecule has 2 rings (SSSR count). The Morgan fingerprint density at radius 1 is 1.19 bits per heavy atom. The lowest BCUT2D eigenvalue weighted by molar-refractivity contribution is 0.155. The summed E-state index contributed by atoms with van der Waals surface area (Å²) in [5, 5.41) is 2.39. The molecule has 2 aromatic rings. The third kappa shape index (κ3) is 6.08. The van der Waals surface area contributed by atoms with Crippen LogP contribution in [0.4, 0.5) is 14.9 Å². The van der Waals surface area contributed by atoms with Crippen molar-refractivity contribution in [3.05, 3.63) is 65.5 Å². The summed E-state index contributed by atoms with van der Waals surface area (Å²) in [6.07, 6.45) is -0.761. The molecular formula is C20H23FN2O3S. The van der Waals surface area contributed by atoms with Crippen LogP contribution in [-0.2, 0) is 22.7 Å². The van der Waals surface area contributed by atoms with E-state index in [1.165, 1.54) is 12.1 Å². The highest BCUT2D eigenvalue weighted by Gasteiger charge is 2.27. The molecule has 1 amide bonds. The van der Waals surface area contributed by atoms with Gasteiger partial charge >= 0.3 is 6.09 Å². The summed E-state index contributed by atoms with van der Waals surface area (Å²) in [6.45, 7) is 7.03. The molecule has 2 aromatic carbocycles. The number of carbonyl (C=O) groups excluding carboxylic acids is 1. The Morgan fingerprint density at radius 3 is 2.48 bits per heavy atom. The van der Waals surface area contributed by atoms with E-state index in [1.54, 1.807) is 33.8 Å². The van der Waals surface area contributed by atoms with Gasteiger partial charge in [0, 0.05) is 5.56 Å². The first kappa shape index (κ1) is 20.9. The smallest absolute Gasteiger partial charge is 0.412 e. The molecule has 0 fully saturated rings. The number of hydrogen-bond donors (Lipinski definition) is 1. The van der Waals surface area contributed by atoms with Crippen LogP contribution in [0.1, 0.15) is 38.8 Å². The second-order valence-electron chi connectivity index (χ2n) is 6.89. The van der Waals surface area contributed by atoms with Gasteiger partial charge in [-0.3, -0.25) is 5.32 Å².